The summed E-state index contributed by atoms with van der Waals surface area (Å²) >= 11 is 0. The summed E-state index contributed by atoms with van der Waals surface area (Å²) in [5.74, 6) is 0. The van der Waals surface area contributed by atoms with Crippen molar-refractivity contribution in [2.24, 2.45) is 0 Å². The zero-order valence-corrected chi connectivity index (χ0v) is 14.9. The number of aliphatic hydroxyl groups excluding tert-OH is 1. The topological polar surface area (TPSA) is 105 Å². The molecule has 0 aliphatic heterocycles. The average molecular weight is 365 g/mol. The molecule has 1 amide bonds. The molecule has 0 aromatic carbocycles. The van der Waals surface area contributed by atoms with Gasteiger partial charge in [-0.05, 0) is 12.8 Å². The van der Waals surface area contributed by atoms with Crippen LogP contribution in [0.4, 0.5) is 4.79 Å². The molecule has 9 nitrogen and oxygen atoms in total. The monoisotopic (exact) mass is 365 g/mol. The van der Waals surface area contributed by atoms with Gasteiger partial charge in [-0.25, -0.2) is 4.79 Å². The van der Waals surface area contributed by atoms with Crippen LogP contribution in [0.1, 0.15) is 12.8 Å². The van der Waals surface area contributed by atoms with Crippen LogP contribution in [0.25, 0.3) is 0 Å². The summed E-state index contributed by atoms with van der Waals surface area (Å²) in [5.41, 5.74) is 0. The Morgan fingerprint density at radius 3 is 1.72 bits per heavy atom. The number of nitrogens with one attached hydrogen (secondary N) is 1. The highest BCUT2D eigenvalue weighted by molar-refractivity contribution is 5.66. The van der Waals surface area contributed by atoms with Gasteiger partial charge in [-0.2, -0.15) is 0 Å². The van der Waals surface area contributed by atoms with Crippen molar-refractivity contribution in [2.75, 3.05) is 73.1 Å². The molecule has 0 aromatic rings. The first kappa shape index (κ1) is 22.1. The SMILES string of the molecule is CNC(=O)OCCOCCOCCOCCOCCOC1CC(O)C1. The third kappa shape index (κ3) is 13.0. The lowest BCUT2D eigenvalue weighted by Crippen LogP contribution is -2.36. The van der Waals surface area contributed by atoms with E-state index in [1.165, 1.54) is 7.05 Å². The molecular weight excluding hydrogens is 334 g/mol. The quantitative estimate of drug-likeness (QED) is 0.367. The molecule has 9 heteroatoms. The van der Waals surface area contributed by atoms with E-state index in [9.17, 15) is 4.79 Å². The number of aliphatic hydroxyl groups is 1. The summed E-state index contributed by atoms with van der Waals surface area (Å²) in [7, 11) is 1.50. The van der Waals surface area contributed by atoms with Crippen LogP contribution in [0.5, 0.6) is 0 Å². The predicted molar refractivity (Wildman–Crippen MR) is 88.7 cm³/mol. The van der Waals surface area contributed by atoms with E-state index in [0.29, 0.717) is 59.5 Å². The maximum Gasteiger partial charge on any atom is 0.406 e. The van der Waals surface area contributed by atoms with Crippen LogP contribution in [0.3, 0.4) is 0 Å². The first-order chi connectivity index (χ1) is 12.2. The lowest BCUT2D eigenvalue weighted by Gasteiger charge is -2.31. The number of ether oxygens (including phenoxy) is 6. The second-order valence-corrected chi connectivity index (χ2v) is 5.45. The van der Waals surface area contributed by atoms with Crippen LogP contribution in [-0.2, 0) is 28.4 Å². The van der Waals surface area contributed by atoms with Crippen molar-refractivity contribution in [3.8, 4) is 0 Å². The molecule has 0 saturated heterocycles. The Bertz CT molecular complexity index is 325. The molecule has 148 valence electrons. The summed E-state index contributed by atoms with van der Waals surface area (Å²) < 4.78 is 31.5. The van der Waals surface area contributed by atoms with Gasteiger partial charge in [0.25, 0.3) is 0 Å². The smallest absolute Gasteiger partial charge is 0.406 e. The van der Waals surface area contributed by atoms with Gasteiger partial charge < -0.3 is 38.8 Å². The van der Waals surface area contributed by atoms with Crippen molar-refractivity contribution in [1.29, 1.82) is 0 Å². The van der Waals surface area contributed by atoms with Crippen LogP contribution >= 0.6 is 0 Å². The van der Waals surface area contributed by atoms with E-state index in [4.69, 9.17) is 33.5 Å². The molecule has 0 aromatic heterocycles. The van der Waals surface area contributed by atoms with Crippen molar-refractivity contribution < 1.29 is 38.3 Å². The molecule has 1 aliphatic carbocycles. The number of hydrogen-bond donors (Lipinski definition) is 2. The number of carbonyl (C=O) groups excluding carboxylic acids is 1. The highest BCUT2D eigenvalue weighted by atomic mass is 16.6. The summed E-state index contributed by atoms with van der Waals surface area (Å²) in [4.78, 5) is 10.7. The predicted octanol–water partition coefficient (Wildman–Crippen LogP) is -0.0513. The van der Waals surface area contributed by atoms with Gasteiger partial charge in [0.05, 0.1) is 71.7 Å². The Morgan fingerprint density at radius 2 is 1.28 bits per heavy atom. The largest absolute Gasteiger partial charge is 0.447 e. The molecule has 1 aliphatic rings. The Morgan fingerprint density at radius 1 is 0.840 bits per heavy atom. The fourth-order valence-electron chi connectivity index (χ4n) is 1.97. The Balaban J connectivity index is 1.65. The molecule has 0 heterocycles. The maximum absolute atomic E-state index is 10.7. The van der Waals surface area contributed by atoms with Crippen molar-refractivity contribution in [3.63, 3.8) is 0 Å². The molecule has 2 N–H and O–H groups in total. The van der Waals surface area contributed by atoms with Gasteiger partial charge in [-0.1, -0.05) is 0 Å². The van der Waals surface area contributed by atoms with E-state index in [1.807, 2.05) is 0 Å². The lowest BCUT2D eigenvalue weighted by molar-refractivity contribution is -0.0864. The highest BCUT2D eigenvalue weighted by Gasteiger charge is 2.27. The van der Waals surface area contributed by atoms with Gasteiger partial charge in [-0.3, -0.25) is 0 Å². The van der Waals surface area contributed by atoms with Crippen LogP contribution in [0, 0.1) is 0 Å². The zero-order valence-electron chi connectivity index (χ0n) is 14.9. The first-order valence-electron chi connectivity index (χ1n) is 8.67. The van der Waals surface area contributed by atoms with Crippen LogP contribution < -0.4 is 5.32 Å². The van der Waals surface area contributed by atoms with Gasteiger partial charge >= 0.3 is 6.09 Å². The maximum atomic E-state index is 10.7. The fourth-order valence-corrected chi connectivity index (χ4v) is 1.97. The number of hydrogen-bond acceptors (Lipinski definition) is 8. The number of alkyl carbamates (subject to hydrolysis) is 1. The number of amides is 1. The average Bonchev–Trinajstić information content (AvgIpc) is 2.59. The minimum absolute atomic E-state index is 0.184. The van der Waals surface area contributed by atoms with Crippen LogP contribution in [-0.4, -0.2) is 96.5 Å². The molecule has 25 heavy (non-hydrogen) atoms. The second kappa shape index (κ2) is 15.3. The van der Waals surface area contributed by atoms with Crippen LogP contribution in [0.2, 0.25) is 0 Å². The third-order valence-electron chi connectivity index (χ3n) is 3.43. The molecule has 0 spiro atoms. The Hall–Kier alpha value is -0.970. The fraction of sp³-hybridized carbons (Fsp3) is 0.938. The van der Waals surface area contributed by atoms with E-state index in [2.05, 4.69) is 5.32 Å². The Kier molecular flexibility index (Phi) is 13.5. The molecule has 1 rings (SSSR count). The minimum atomic E-state index is -0.466. The normalized spacial score (nSPS) is 19.4. The minimum Gasteiger partial charge on any atom is -0.447 e. The van der Waals surface area contributed by atoms with Gasteiger partial charge in [-0.15, -0.1) is 0 Å². The molecule has 0 bridgehead atoms. The van der Waals surface area contributed by atoms with E-state index >= 15 is 0 Å². The van der Waals surface area contributed by atoms with Crippen molar-refractivity contribution in [3.05, 3.63) is 0 Å². The molecule has 1 fully saturated rings. The van der Waals surface area contributed by atoms with E-state index in [0.717, 1.165) is 12.8 Å². The van der Waals surface area contributed by atoms with E-state index < -0.39 is 6.09 Å². The number of rotatable bonds is 16. The standard InChI is InChI=1S/C16H31NO8/c1-17-16(19)25-11-9-23-7-5-21-3-2-20-4-6-22-8-10-24-15-12-14(18)13-15/h14-15,18H,2-13H2,1H3,(H,17,19). The van der Waals surface area contributed by atoms with Gasteiger partial charge in [0, 0.05) is 7.05 Å². The molecule has 1 saturated carbocycles. The van der Waals surface area contributed by atoms with Gasteiger partial charge in [0.15, 0.2) is 0 Å². The Labute approximate surface area is 148 Å². The van der Waals surface area contributed by atoms with Gasteiger partial charge in [0.1, 0.15) is 6.61 Å². The van der Waals surface area contributed by atoms with Crippen molar-refractivity contribution in [1.82, 2.24) is 5.32 Å². The summed E-state index contributed by atoms with van der Waals surface area (Å²) in [6, 6.07) is 0. The van der Waals surface area contributed by atoms with E-state index in [-0.39, 0.29) is 18.8 Å². The van der Waals surface area contributed by atoms with E-state index in [1.54, 1.807) is 0 Å². The van der Waals surface area contributed by atoms with Crippen molar-refractivity contribution in [2.45, 2.75) is 25.0 Å². The van der Waals surface area contributed by atoms with Crippen LogP contribution in [0.15, 0.2) is 0 Å². The molecule has 0 unspecified atom stereocenters. The van der Waals surface area contributed by atoms with Crippen molar-refractivity contribution >= 4 is 6.09 Å². The van der Waals surface area contributed by atoms with Gasteiger partial charge in [0.2, 0.25) is 0 Å². The zero-order chi connectivity index (χ0) is 18.2. The number of carbonyl (C=O) groups is 1. The highest BCUT2D eigenvalue weighted by Crippen LogP contribution is 2.22. The summed E-state index contributed by atoms with van der Waals surface area (Å²) in [6.07, 6.45) is 1.01. The second-order valence-electron chi connectivity index (χ2n) is 5.45. The molecule has 0 atom stereocenters. The third-order valence-corrected chi connectivity index (χ3v) is 3.43. The lowest BCUT2D eigenvalue weighted by atomic mass is 9.92. The summed E-state index contributed by atoms with van der Waals surface area (Å²) in [6.45, 7) is 4.58. The summed E-state index contributed by atoms with van der Waals surface area (Å²) in [5, 5.41) is 11.5. The molecule has 0 radical (unpaired) electrons. The molecular formula is C16H31NO8. The first-order valence-corrected chi connectivity index (χ1v) is 8.67.